The van der Waals surface area contributed by atoms with E-state index in [1.165, 1.54) is 6.07 Å². The van der Waals surface area contributed by atoms with Gasteiger partial charge in [0.2, 0.25) is 5.91 Å². The quantitative estimate of drug-likeness (QED) is 0.625. The number of rotatable bonds is 6. The maximum Gasteiger partial charge on any atom is 0.237 e. The third-order valence-electron chi connectivity index (χ3n) is 9.62. The molecule has 0 aromatic heterocycles. The third kappa shape index (κ3) is 4.15. The van der Waals surface area contributed by atoms with E-state index in [0.717, 1.165) is 67.6 Å². The lowest BCUT2D eigenvalue weighted by Gasteiger charge is -2.36. The molecule has 0 unspecified atom stereocenters. The summed E-state index contributed by atoms with van der Waals surface area (Å²) in [6.07, 6.45) is 5.19. The molecule has 3 aliphatic heterocycles. The zero-order valence-corrected chi connectivity index (χ0v) is 22.2. The Labute approximate surface area is 223 Å². The highest BCUT2D eigenvalue weighted by Crippen LogP contribution is 2.48. The number of likely N-dealkylation sites (tertiary alicyclic amines) is 1. The predicted octanol–water partition coefficient (Wildman–Crippen LogP) is 4.21. The number of anilines is 1. The van der Waals surface area contributed by atoms with Gasteiger partial charge in [-0.3, -0.25) is 9.59 Å². The largest absolute Gasteiger partial charge is 0.314 e. The van der Waals surface area contributed by atoms with Crippen LogP contribution in [0.25, 0.3) is 11.1 Å². The summed E-state index contributed by atoms with van der Waals surface area (Å²) in [5.41, 5.74) is 3.55. The number of nitriles is 1. The SMILES string of the molecule is CN1CCC2(CC1)C(=O)N(C)c1ccc(-c3ccc(C[C@@H](C#N)CC(=O)[C@H]4N[C@@H]5CC[C@H]4C5)c(F)c3)cc12. The first kappa shape index (κ1) is 25.2. The Morgan fingerprint density at radius 3 is 2.55 bits per heavy atom. The molecule has 3 fully saturated rings. The van der Waals surface area contributed by atoms with Gasteiger partial charge >= 0.3 is 0 Å². The van der Waals surface area contributed by atoms with Gasteiger partial charge in [0.15, 0.2) is 5.78 Å². The smallest absolute Gasteiger partial charge is 0.237 e. The Balaban J connectivity index is 1.20. The lowest BCUT2D eigenvalue weighted by Crippen LogP contribution is -2.47. The van der Waals surface area contributed by atoms with E-state index >= 15 is 4.39 Å². The summed E-state index contributed by atoms with van der Waals surface area (Å²) in [7, 11) is 3.92. The normalized spacial score (nSPS) is 26.5. The summed E-state index contributed by atoms with van der Waals surface area (Å²) in [4.78, 5) is 30.2. The Hall–Kier alpha value is -3.08. The highest BCUT2D eigenvalue weighted by atomic mass is 19.1. The molecule has 198 valence electrons. The first-order valence-electron chi connectivity index (χ1n) is 13.9. The van der Waals surface area contributed by atoms with Crippen molar-refractivity contribution in [1.82, 2.24) is 10.2 Å². The number of ketones is 1. The summed E-state index contributed by atoms with van der Waals surface area (Å²) in [6, 6.07) is 13.7. The number of fused-ring (bicyclic) bond motifs is 4. The van der Waals surface area contributed by atoms with Gasteiger partial charge in [-0.15, -0.1) is 0 Å². The standard InChI is InChI=1S/C31H35FN4O2/c1-35-11-9-31(10-12-35)25-16-20(6-8-27(25)36(2)30(31)38)21-3-4-22(26(32)17-21)13-19(18-33)14-28(37)29-23-5-7-24(15-23)34-29/h3-4,6,8,16-17,19,23-24,29,34H,5,7,9-15H2,1-2H3/t19-,23+,24-,29+/m1/s1. The number of Topliss-reactive ketones (excluding diaryl/α,β-unsaturated/α-hetero) is 1. The lowest BCUT2D eigenvalue weighted by molar-refractivity contribution is -0.124. The monoisotopic (exact) mass is 514 g/mol. The number of hydrogen-bond donors (Lipinski definition) is 1. The molecule has 2 aromatic carbocycles. The summed E-state index contributed by atoms with van der Waals surface area (Å²) in [6.45, 7) is 1.74. The Kier molecular flexibility index (Phi) is 6.36. The average Bonchev–Trinajstić information content (AvgIpc) is 3.61. The van der Waals surface area contributed by atoms with Crippen molar-refractivity contribution in [2.24, 2.45) is 11.8 Å². The second kappa shape index (κ2) is 9.59. The van der Waals surface area contributed by atoms with Gasteiger partial charge in [0.1, 0.15) is 5.82 Å². The number of benzene rings is 2. The number of carbonyl (C=O) groups is 2. The number of nitrogens with zero attached hydrogens (tertiary/aromatic N) is 3. The minimum absolute atomic E-state index is 0.0845. The van der Waals surface area contributed by atoms with Crippen LogP contribution in [0, 0.1) is 29.0 Å². The Morgan fingerprint density at radius 2 is 1.89 bits per heavy atom. The van der Waals surface area contributed by atoms with Crippen LogP contribution in [0.15, 0.2) is 36.4 Å². The molecule has 1 amide bonds. The fourth-order valence-corrected chi connectivity index (χ4v) is 7.33. The minimum atomic E-state index is -0.547. The number of likely N-dealkylation sites (N-methyl/N-ethyl adjacent to an activating group) is 1. The van der Waals surface area contributed by atoms with Crippen molar-refractivity contribution in [2.75, 3.05) is 32.1 Å². The molecule has 1 N–H and O–H groups in total. The molecule has 1 saturated carbocycles. The first-order valence-corrected chi connectivity index (χ1v) is 13.9. The first-order chi connectivity index (χ1) is 18.3. The topological polar surface area (TPSA) is 76.4 Å². The molecule has 4 aliphatic rings. The van der Waals surface area contributed by atoms with Gasteiger partial charge < -0.3 is 15.1 Å². The van der Waals surface area contributed by atoms with Crippen LogP contribution in [0.4, 0.5) is 10.1 Å². The number of hydrogen-bond acceptors (Lipinski definition) is 5. The number of amides is 1. The Morgan fingerprint density at radius 1 is 1.16 bits per heavy atom. The predicted molar refractivity (Wildman–Crippen MR) is 144 cm³/mol. The van der Waals surface area contributed by atoms with Crippen LogP contribution in [-0.2, 0) is 21.4 Å². The molecule has 2 aromatic rings. The van der Waals surface area contributed by atoms with Gasteiger partial charge in [-0.25, -0.2) is 4.39 Å². The number of nitrogens with one attached hydrogen (secondary N) is 1. The zero-order chi connectivity index (χ0) is 26.6. The molecule has 6 rings (SSSR count). The van der Waals surface area contributed by atoms with Crippen molar-refractivity contribution >= 4 is 17.4 Å². The second-order valence-electron chi connectivity index (χ2n) is 11.9. The summed E-state index contributed by atoms with van der Waals surface area (Å²) >= 11 is 0. The molecular formula is C31H35FN4O2. The fraction of sp³-hybridized carbons (Fsp3) is 0.516. The van der Waals surface area contributed by atoms with Gasteiger partial charge in [-0.1, -0.05) is 18.2 Å². The van der Waals surface area contributed by atoms with E-state index in [1.54, 1.807) is 11.0 Å². The molecular weight excluding hydrogens is 479 g/mol. The molecule has 3 heterocycles. The average molecular weight is 515 g/mol. The van der Waals surface area contributed by atoms with Crippen LogP contribution < -0.4 is 10.2 Å². The molecule has 6 nitrogen and oxygen atoms in total. The van der Waals surface area contributed by atoms with E-state index in [1.807, 2.05) is 25.2 Å². The van der Waals surface area contributed by atoms with Gasteiger partial charge in [-0.2, -0.15) is 5.26 Å². The van der Waals surface area contributed by atoms with Gasteiger partial charge in [0, 0.05) is 25.2 Å². The second-order valence-corrected chi connectivity index (χ2v) is 11.9. The van der Waals surface area contributed by atoms with Crippen LogP contribution in [-0.4, -0.2) is 55.9 Å². The summed E-state index contributed by atoms with van der Waals surface area (Å²) in [5, 5.41) is 13.1. The van der Waals surface area contributed by atoms with E-state index in [9.17, 15) is 14.9 Å². The van der Waals surface area contributed by atoms with Crippen LogP contribution in [0.3, 0.4) is 0 Å². The van der Waals surface area contributed by atoms with Crippen molar-refractivity contribution in [3.8, 4) is 17.2 Å². The van der Waals surface area contributed by atoms with Crippen LogP contribution in [0.5, 0.6) is 0 Å². The van der Waals surface area contributed by atoms with E-state index < -0.39 is 11.3 Å². The van der Waals surface area contributed by atoms with Crippen LogP contribution in [0.1, 0.15) is 49.7 Å². The minimum Gasteiger partial charge on any atom is -0.314 e. The molecule has 1 spiro atoms. The van der Waals surface area contributed by atoms with Crippen LogP contribution >= 0.6 is 0 Å². The summed E-state index contributed by atoms with van der Waals surface area (Å²) in [5.74, 6) is -0.289. The molecule has 2 bridgehead atoms. The zero-order valence-electron chi connectivity index (χ0n) is 22.2. The lowest BCUT2D eigenvalue weighted by atomic mass is 9.73. The Bertz CT molecular complexity index is 1330. The molecule has 2 saturated heterocycles. The number of carbonyl (C=O) groups excluding carboxylic acids is 2. The van der Waals surface area contributed by atoms with Crippen molar-refractivity contribution in [3.63, 3.8) is 0 Å². The summed E-state index contributed by atoms with van der Waals surface area (Å²) < 4.78 is 15.3. The third-order valence-corrected chi connectivity index (χ3v) is 9.62. The molecule has 38 heavy (non-hydrogen) atoms. The van der Waals surface area contributed by atoms with Crippen molar-refractivity contribution in [3.05, 3.63) is 53.3 Å². The molecule has 7 heteroatoms. The van der Waals surface area contributed by atoms with E-state index in [0.29, 0.717) is 17.5 Å². The van der Waals surface area contributed by atoms with E-state index in [-0.39, 0.29) is 36.4 Å². The molecule has 1 aliphatic carbocycles. The van der Waals surface area contributed by atoms with Crippen LogP contribution in [0.2, 0.25) is 0 Å². The number of halogens is 1. The van der Waals surface area contributed by atoms with Crippen molar-refractivity contribution < 1.29 is 14.0 Å². The highest BCUT2D eigenvalue weighted by molar-refractivity contribution is 6.08. The highest BCUT2D eigenvalue weighted by Gasteiger charge is 2.50. The number of piperidine rings is 2. The van der Waals surface area contributed by atoms with Gasteiger partial charge in [0.25, 0.3) is 0 Å². The van der Waals surface area contributed by atoms with Gasteiger partial charge in [-0.05, 0) is 105 Å². The fourth-order valence-electron chi connectivity index (χ4n) is 7.33. The maximum atomic E-state index is 15.3. The van der Waals surface area contributed by atoms with Crippen molar-refractivity contribution in [1.29, 1.82) is 5.26 Å². The molecule has 0 radical (unpaired) electrons. The molecule has 4 atom stereocenters. The van der Waals surface area contributed by atoms with E-state index in [2.05, 4.69) is 29.4 Å². The van der Waals surface area contributed by atoms with E-state index in [4.69, 9.17) is 0 Å². The van der Waals surface area contributed by atoms with Crippen molar-refractivity contribution in [2.45, 2.75) is 62.4 Å². The maximum absolute atomic E-state index is 15.3. The van der Waals surface area contributed by atoms with Gasteiger partial charge in [0.05, 0.1) is 23.4 Å².